The highest BCUT2D eigenvalue weighted by Crippen LogP contribution is 2.18. The molecule has 0 aliphatic heterocycles. The molecule has 0 aromatic heterocycles. The van der Waals surface area contributed by atoms with Crippen molar-refractivity contribution in [1.29, 1.82) is 0 Å². The average molecular weight is 390 g/mol. The number of anilines is 1. The summed E-state index contributed by atoms with van der Waals surface area (Å²) in [5.74, 6) is -1.17. The quantitative estimate of drug-likeness (QED) is 0.765. The van der Waals surface area contributed by atoms with Gasteiger partial charge in [-0.05, 0) is 44.2 Å². The van der Waals surface area contributed by atoms with Crippen molar-refractivity contribution in [2.75, 3.05) is 19.4 Å². The first-order valence-electron chi connectivity index (χ1n) is 8.22. The van der Waals surface area contributed by atoms with Crippen molar-refractivity contribution in [3.8, 4) is 0 Å². The van der Waals surface area contributed by atoms with Crippen LogP contribution >= 0.6 is 0 Å². The molecule has 0 saturated carbocycles. The zero-order valence-corrected chi connectivity index (χ0v) is 16.4. The molecular weight excluding hydrogens is 368 g/mol. The zero-order valence-electron chi connectivity index (χ0n) is 15.6. The number of sulfonamides is 1. The lowest BCUT2D eigenvalue weighted by atomic mass is 10.1. The standard InChI is InChI=1S/C19H22N2O5S/c1-13-7-5-8-15(11-13)19(23)26-14(2)18(22)20-16-9-6-10-17(12-16)27(24,25)21(3)4/h5-12,14H,1-4H3,(H,20,22)/t14-/m1/s1. The van der Waals surface area contributed by atoms with Crippen LogP contribution in [0.25, 0.3) is 0 Å². The van der Waals surface area contributed by atoms with Crippen LogP contribution in [0.4, 0.5) is 5.69 Å². The fourth-order valence-corrected chi connectivity index (χ4v) is 3.19. The largest absolute Gasteiger partial charge is 0.449 e. The fourth-order valence-electron chi connectivity index (χ4n) is 2.24. The van der Waals surface area contributed by atoms with E-state index in [9.17, 15) is 18.0 Å². The molecule has 0 aliphatic carbocycles. The lowest BCUT2D eigenvalue weighted by Gasteiger charge is -2.15. The number of nitrogens with zero attached hydrogens (tertiary/aromatic N) is 1. The van der Waals surface area contributed by atoms with Crippen LogP contribution in [0.1, 0.15) is 22.8 Å². The monoisotopic (exact) mass is 390 g/mol. The number of esters is 1. The minimum Gasteiger partial charge on any atom is -0.449 e. The number of benzene rings is 2. The van der Waals surface area contributed by atoms with E-state index in [1.54, 1.807) is 24.3 Å². The number of nitrogens with one attached hydrogen (secondary N) is 1. The van der Waals surface area contributed by atoms with Crippen LogP contribution in [0.2, 0.25) is 0 Å². The summed E-state index contributed by atoms with van der Waals surface area (Å²) in [6.45, 7) is 3.30. The Labute approximate surface area is 159 Å². The van der Waals surface area contributed by atoms with Crippen molar-refractivity contribution >= 4 is 27.6 Å². The number of rotatable bonds is 6. The van der Waals surface area contributed by atoms with Gasteiger partial charge in [-0.25, -0.2) is 17.5 Å². The molecule has 0 bridgehead atoms. The second kappa shape index (κ2) is 8.32. The van der Waals surface area contributed by atoms with Crippen molar-refractivity contribution in [2.24, 2.45) is 0 Å². The van der Waals surface area contributed by atoms with Crippen LogP contribution in [0.5, 0.6) is 0 Å². The molecular formula is C19H22N2O5S. The smallest absolute Gasteiger partial charge is 0.338 e. The molecule has 144 valence electrons. The third kappa shape index (κ3) is 5.15. The maximum Gasteiger partial charge on any atom is 0.338 e. The van der Waals surface area contributed by atoms with Gasteiger partial charge in [0.05, 0.1) is 10.5 Å². The number of aryl methyl sites for hydroxylation is 1. The van der Waals surface area contributed by atoms with Crippen LogP contribution < -0.4 is 5.32 Å². The van der Waals surface area contributed by atoms with Gasteiger partial charge in [-0.3, -0.25) is 4.79 Å². The van der Waals surface area contributed by atoms with Crippen LogP contribution in [-0.4, -0.2) is 44.8 Å². The number of carbonyl (C=O) groups excluding carboxylic acids is 2. The lowest BCUT2D eigenvalue weighted by molar-refractivity contribution is -0.123. The Morgan fingerprint density at radius 1 is 1.07 bits per heavy atom. The molecule has 0 spiro atoms. The van der Waals surface area contributed by atoms with E-state index in [2.05, 4.69) is 5.32 Å². The van der Waals surface area contributed by atoms with Gasteiger partial charge in [-0.2, -0.15) is 0 Å². The molecule has 1 amide bonds. The van der Waals surface area contributed by atoms with Crippen molar-refractivity contribution < 1.29 is 22.7 Å². The summed E-state index contributed by atoms with van der Waals surface area (Å²) in [5.41, 5.74) is 1.55. The molecule has 27 heavy (non-hydrogen) atoms. The van der Waals surface area contributed by atoms with E-state index in [1.807, 2.05) is 13.0 Å². The topological polar surface area (TPSA) is 92.8 Å². The first-order chi connectivity index (χ1) is 12.6. The minimum atomic E-state index is -3.62. The highest BCUT2D eigenvalue weighted by atomic mass is 32.2. The molecule has 0 aliphatic rings. The highest BCUT2D eigenvalue weighted by Gasteiger charge is 2.21. The van der Waals surface area contributed by atoms with Crippen LogP contribution in [0.3, 0.4) is 0 Å². The van der Waals surface area contributed by atoms with Gasteiger partial charge in [0, 0.05) is 19.8 Å². The Hall–Kier alpha value is -2.71. The molecule has 0 unspecified atom stereocenters. The van der Waals surface area contributed by atoms with E-state index in [0.717, 1.165) is 9.87 Å². The Morgan fingerprint density at radius 2 is 1.74 bits per heavy atom. The fraction of sp³-hybridized carbons (Fsp3) is 0.263. The number of hydrogen-bond acceptors (Lipinski definition) is 5. The van der Waals surface area contributed by atoms with Crippen molar-refractivity contribution in [3.05, 3.63) is 59.7 Å². The molecule has 1 N–H and O–H groups in total. The Morgan fingerprint density at radius 3 is 2.37 bits per heavy atom. The van der Waals surface area contributed by atoms with E-state index >= 15 is 0 Å². The first-order valence-corrected chi connectivity index (χ1v) is 9.66. The number of carbonyl (C=O) groups is 2. The number of amides is 1. The summed E-state index contributed by atoms with van der Waals surface area (Å²) in [4.78, 5) is 24.5. The summed E-state index contributed by atoms with van der Waals surface area (Å²) in [5, 5.41) is 2.56. The zero-order chi connectivity index (χ0) is 20.2. The van der Waals surface area contributed by atoms with Gasteiger partial charge in [-0.15, -0.1) is 0 Å². The second-order valence-electron chi connectivity index (χ2n) is 6.22. The van der Waals surface area contributed by atoms with Gasteiger partial charge in [0.25, 0.3) is 5.91 Å². The van der Waals surface area contributed by atoms with Gasteiger partial charge in [0.15, 0.2) is 6.10 Å². The maximum atomic E-state index is 12.3. The average Bonchev–Trinajstić information content (AvgIpc) is 2.61. The van der Waals surface area contributed by atoms with Gasteiger partial charge in [-0.1, -0.05) is 23.8 Å². The third-order valence-corrected chi connectivity index (χ3v) is 5.60. The molecule has 0 heterocycles. The van der Waals surface area contributed by atoms with E-state index < -0.39 is 28.0 Å². The molecule has 2 aromatic carbocycles. The molecule has 0 saturated heterocycles. The maximum absolute atomic E-state index is 12.3. The highest BCUT2D eigenvalue weighted by molar-refractivity contribution is 7.89. The van der Waals surface area contributed by atoms with Gasteiger partial charge < -0.3 is 10.1 Å². The minimum absolute atomic E-state index is 0.0507. The third-order valence-electron chi connectivity index (χ3n) is 3.79. The Balaban J connectivity index is 2.07. The van der Waals surface area contributed by atoms with Gasteiger partial charge >= 0.3 is 5.97 Å². The molecule has 2 rings (SSSR count). The normalized spacial score (nSPS) is 12.5. The van der Waals surface area contributed by atoms with Crippen LogP contribution in [0.15, 0.2) is 53.4 Å². The van der Waals surface area contributed by atoms with Gasteiger partial charge in [0.1, 0.15) is 0 Å². The molecule has 0 fully saturated rings. The Bertz CT molecular complexity index is 954. The second-order valence-corrected chi connectivity index (χ2v) is 8.37. The summed E-state index contributed by atoms with van der Waals surface area (Å²) < 4.78 is 30.6. The molecule has 7 nitrogen and oxygen atoms in total. The number of ether oxygens (including phenoxy) is 1. The van der Waals surface area contributed by atoms with Gasteiger partial charge in [0.2, 0.25) is 10.0 Å². The summed E-state index contributed by atoms with van der Waals surface area (Å²) in [7, 11) is -0.770. The molecule has 2 aromatic rings. The molecule has 0 radical (unpaired) electrons. The Kier molecular flexibility index (Phi) is 6.35. The van der Waals surface area contributed by atoms with Crippen molar-refractivity contribution in [1.82, 2.24) is 4.31 Å². The van der Waals surface area contributed by atoms with Crippen molar-refractivity contribution in [2.45, 2.75) is 24.8 Å². The SMILES string of the molecule is Cc1cccc(C(=O)O[C@H](C)C(=O)Nc2cccc(S(=O)(=O)N(C)C)c2)c1. The summed E-state index contributed by atoms with van der Waals surface area (Å²) in [6.07, 6.45) is -1.05. The number of hydrogen-bond donors (Lipinski definition) is 1. The van der Waals surface area contributed by atoms with E-state index in [0.29, 0.717) is 11.3 Å². The predicted octanol–water partition coefficient (Wildman–Crippen LogP) is 2.43. The van der Waals surface area contributed by atoms with E-state index in [-0.39, 0.29) is 4.90 Å². The van der Waals surface area contributed by atoms with Crippen LogP contribution in [-0.2, 0) is 19.6 Å². The first kappa shape index (κ1) is 20.6. The predicted molar refractivity (Wildman–Crippen MR) is 102 cm³/mol. The summed E-state index contributed by atoms with van der Waals surface area (Å²) >= 11 is 0. The van der Waals surface area contributed by atoms with Crippen LogP contribution in [0, 0.1) is 6.92 Å². The molecule has 8 heteroatoms. The molecule has 1 atom stereocenters. The lowest BCUT2D eigenvalue weighted by Crippen LogP contribution is -2.30. The van der Waals surface area contributed by atoms with E-state index in [4.69, 9.17) is 4.74 Å². The van der Waals surface area contributed by atoms with Crippen molar-refractivity contribution in [3.63, 3.8) is 0 Å². The summed E-state index contributed by atoms with van der Waals surface area (Å²) in [6, 6.07) is 12.7. The van der Waals surface area contributed by atoms with E-state index in [1.165, 1.54) is 39.2 Å².